The molecule has 2 aromatic carbocycles. The second-order valence-electron chi connectivity index (χ2n) is 5.92. The number of imidazole rings is 1. The molecule has 0 unspecified atom stereocenters. The average Bonchev–Trinajstić information content (AvgIpc) is 3.03. The van der Waals surface area contributed by atoms with Gasteiger partial charge in [0.2, 0.25) is 5.91 Å². The summed E-state index contributed by atoms with van der Waals surface area (Å²) >= 11 is 6.17. The van der Waals surface area contributed by atoms with Gasteiger partial charge in [0.1, 0.15) is 17.2 Å². The van der Waals surface area contributed by atoms with Crippen LogP contribution in [0.15, 0.2) is 79.0 Å². The molecule has 4 aromatic rings. The summed E-state index contributed by atoms with van der Waals surface area (Å²) in [6.07, 6.45) is 2.09. The number of nitrogens with zero attached hydrogens (tertiary/aromatic N) is 2. The van der Waals surface area contributed by atoms with E-state index in [0.29, 0.717) is 10.8 Å². The van der Waals surface area contributed by atoms with Gasteiger partial charge in [-0.25, -0.2) is 4.98 Å². The van der Waals surface area contributed by atoms with Crippen LogP contribution >= 0.6 is 11.6 Å². The van der Waals surface area contributed by atoms with E-state index in [1.807, 2.05) is 77.3 Å². The Kier molecular flexibility index (Phi) is 4.42. The molecular formula is C21H16ClN3O. The molecule has 0 aliphatic carbocycles. The van der Waals surface area contributed by atoms with Gasteiger partial charge in [0, 0.05) is 16.8 Å². The van der Waals surface area contributed by atoms with Crippen molar-refractivity contribution in [3.8, 4) is 11.3 Å². The van der Waals surface area contributed by atoms with Gasteiger partial charge in [-0.2, -0.15) is 0 Å². The first-order valence-corrected chi connectivity index (χ1v) is 8.66. The number of nitrogens with one attached hydrogen (secondary N) is 1. The molecule has 0 radical (unpaired) electrons. The average molecular weight is 362 g/mol. The molecule has 0 bridgehead atoms. The first kappa shape index (κ1) is 16.4. The summed E-state index contributed by atoms with van der Waals surface area (Å²) in [5, 5.41) is 3.60. The number of carbonyl (C=O) groups is 1. The van der Waals surface area contributed by atoms with Gasteiger partial charge in [-0.1, -0.05) is 66.2 Å². The fraction of sp³-hybridized carbons (Fsp3) is 0.0476. The summed E-state index contributed by atoms with van der Waals surface area (Å²) in [5.41, 5.74) is 3.26. The minimum Gasteiger partial charge on any atom is -0.310 e. The fourth-order valence-electron chi connectivity index (χ4n) is 2.90. The maximum atomic E-state index is 12.6. The topological polar surface area (TPSA) is 46.4 Å². The monoisotopic (exact) mass is 361 g/mol. The number of aromatic nitrogens is 2. The van der Waals surface area contributed by atoms with E-state index in [1.165, 1.54) is 0 Å². The highest BCUT2D eigenvalue weighted by Crippen LogP contribution is 2.28. The quantitative estimate of drug-likeness (QED) is 0.565. The predicted octanol–water partition coefficient (Wildman–Crippen LogP) is 4.84. The van der Waals surface area contributed by atoms with Crippen molar-refractivity contribution in [2.24, 2.45) is 0 Å². The Morgan fingerprint density at radius 3 is 2.50 bits per heavy atom. The first-order chi connectivity index (χ1) is 12.7. The van der Waals surface area contributed by atoms with Crippen LogP contribution in [0.4, 0.5) is 5.82 Å². The number of anilines is 1. The van der Waals surface area contributed by atoms with E-state index in [1.54, 1.807) is 6.07 Å². The van der Waals surface area contributed by atoms with E-state index in [2.05, 4.69) is 10.3 Å². The Balaban J connectivity index is 1.71. The molecule has 1 N–H and O–H groups in total. The molecule has 2 heterocycles. The third kappa shape index (κ3) is 3.19. The van der Waals surface area contributed by atoms with Crippen molar-refractivity contribution in [1.29, 1.82) is 0 Å². The maximum absolute atomic E-state index is 12.6. The van der Waals surface area contributed by atoms with Crippen LogP contribution in [0.5, 0.6) is 0 Å². The molecule has 0 fully saturated rings. The number of amides is 1. The Morgan fingerprint density at radius 1 is 0.962 bits per heavy atom. The standard InChI is InChI=1S/C21H16ClN3O/c22-17-11-5-4-10-16(17)14-19(26)24-21-20(15-8-2-1-3-9-15)23-18-12-6-7-13-25(18)21/h1-13H,14H2,(H,24,26). The number of rotatable bonds is 4. The molecule has 26 heavy (non-hydrogen) atoms. The van der Waals surface area contributed by atoms with Crippen molar-refractivity contribution in [3.63, 3.8) is 0 Å². The van der Waals surface area contributed by atoms with Crippen molar-refractivity contribution >= 4 is 29.0 Å². The largest absolute Gasteiger partial charge is 0.310 e. The normalized spacial score (nSPS) is 10.8. The molecule has 128 valence electrons. The second-order valence-corrected chi connectivity index (χ2v) is 6.33. The van der Waals surface area contributed by atoms with E-state index in [4.69, 9.17) is 11.6 Å². The van der Waals surface area contributed by atoms with Crippen molar-refractivity contribution in [2.45, 2.75) is 6.42 Å². The maximum Gasteiger partial charge on any atom is 0.230 e. The van der Waals surface area contributed by atoms with Crippen LogP contribution in [-0.4, -0.2) is 15.3 Å². The zero-order valence-corrected chi connectivity index (χ0v) is 14.6. The highest BCUT2D eigenvalue weighted by molar-refractivity contribution is 6.31. The summed E-state index contributed by atoms with van der Waals surface area (Å²) in [6.45, 7) is 0. The Bertz CT molecular complexity index is 1070. The summed E-state index contributed by atoms with van der Waals surface area (Å²) < 4.78 is 1.88. The molecule has 0 saturated carbocycles. The van der Waals surface area contributed by atoms with E-state index in [9.17, 15) is 4.79 Å². The number of hydrogen-bond donors (Lipinski definition) is 1. The van der Waals surface area contributed by atoms with Gasteiger partial charge in [0.05, 0.1) is 6.42 Å². The number of fused-ring (bicyclic) bond motifs is 1. The Hall–Kier alpha value is -3.11. The van der Waals surface area contributed by atoms with E-state index in [0.717, 1.165) is 22.5 Å². The lowest BCUT2D eigenvalue weighted by atomic mass is 10.1. The molecule has 5 heteroatoms. The smallest absolute Gasteiger partial charge is 0.230 e. The lowest BCUT2D eigenvalue weighted by molar-refractivity contribution is -0.115. The van der Waals surface area contributed by atoms with Crippen molar-refractivity contribution in [3.05, 3.63) is 89.6 Å². The Morgan fingerprint density at radius 2 is 1.69 bits per heavy atom. The molecule has 0 saturated heterocycles. The van der Waals surface area contributed by atoms with Crippen molar-refractivity contribution in [2.75, 3.05) is 5.32 Å². The third-order valence-corrected chi connectivity index (χ3v) is 4.51. The van der Waals surface area contributed by atoms with Crippen LogP contribution in [-0.2, 0) is 11.2 Å². The first-order valence-electron chi connectivity index (χ1n) is 8.28. The Labute approximate surface area is 156 Å². The fourth-order valence-corrected chi connectivity index (χ4v) is 3.11. The molecule has 1 amide bonds. The van der Waals surface area contributed by atoms with Gasteiger partial charge >= 0.3 is 0 Å². The molecule has 2 aromatic heterocycles. The number of benzene rings is 2. The van der Waals surface area contributed by atoms with Crippen LogP contribution in [0.3, 0.4) is 0 Å². The third-order valence-electron chi connectivity index (χ3n) is 4.14. The van der Waals surface area contributed by atoms with Crippen molar-refractivity contribution in [1.82, 2.24) is 9.38 Å². The summed E-state index contributed by atoms with van der Waals surface area (Å²) in [4.78, 5) is 17.3. The minimum atomic E-state index is -0.138. The van der Waals surface area contributed by atoms with Crippen LogP contribution < -0.4 is 5.32 Å². The molecule has 4 nitrogen and oxygen atoms in total. The van der Waals surface area contributed by atoms with Gasteiger partial charge in [-0.3, -0.25) is 9.20 Å². The number of halogens is 1. The van der Waals surface area contributed by atoms with Gasteiger partial charge in [0.25, 0.3) is 0 Å². The van der Waals surface area contributed by atoms with E-state index >= 15 is 0 Å². The van der Waals surface area contributed by atoms with Crippen LogP contribution in [0.1, 0.15) is 5.56 Å². The van der Waals surface area contributed by atoms with Crippen LogP contribution in [0, 0.1) is 0 Å². The summed E-state index contributed by atoms with van der Waals surface area (Å²) in [7, 11) is 0. The zero-order chi connectivity index (χ0) is 17.9. The molecule has 0 aliphatic rings. The second kappa shape index (κ2) is 7.02. The summed E-state index contributed by atoms with van der Waals surface area (Å²) in [6, 6.07) is 22.9. The number of pyridine rings is 1. The van der Waals surface area contributed by atoms with Gasteiger partial charge in [-0.05, 0) is 23.8 Å². The number of hydrogen-bond acceptors (Lipinski definition) is 2. The van der Waals surface area contributed by atoms with E-state index in [-0.39, 0.29) is 12.3 Å². The highest BCUT2D eigenvalue weighted by Gasteiger charge is 2.16. The lowest BCUT2D eigenvalue weighted by Crippen LogP contribution is -2.16. The number of carbonyl (C=O) groups excluding carboxylic acids is 1. The van der Waals surface area contributed by atoms with Gasteiger partial charge < -0.3 is 5.32 Å². The van der Waals surface area contributed by atoms with Gasteiger partial charge in [-0.15, -0.1) is 0 Å². The molecular weight excluding hydrogens is 346 g/mol. The molecule has 0 aliphatic heterocycles. The SMILES string of the molecule is O=C(Cc1ccccc1Cl)Nc1c(-c2ccccc2)nc2ccccn12. The summed E-state index contributed by atoms with van der Waals surface area (Å²) in [5.74, 6) is 0.518. The van der Waals surface area contributed by atoms with Gasteiger partial charge in [0.15, 0.2) is 0 Å². The van der Waals surface area contributed by atoms with Crippen LogP contribution in [0.2, 0.25) is 5.02 Å². The zero-order valence-electron chi connectivity index (χ0n) is 13.9. The minimum absolute atomic E-state index is 0.138. The lowest BCUT2D eigenvalue weighted by Gasteiger charge is -2.09. The molecule has 0 spiro atoms. The predicted molar refractivity (Wildman–Crippen MR) is 104 cm³/mol. The highest BCUT2D eigenvalue weighted by atomic mass is 35.5. The molecule has 0 atom stereocenters. The van der Waals surface area contributed by atoms with Crippen molar-refractivity contribution < 1.29 is 4.79 Å². The molecule has 4 rings (SSSR count). The van der Waals surface area contributed by atoms with Crippen LogP contribution in [0.25, 0.3) is 16.9 Å². The van der Waals surface area contributed by atoms with E-state index < -0.39 is 0 Å².